The lowest BCUT2D eigenvalue weighted by Gasteiger charge is -2.29. The summed E-state index contributed by atoms with van der Waals surface area (Å²) < 4.78 is 0. The Hall–Kier alpha value is -2.37. The van der Waals surface area contributed by atoms with Crippen LogP contribution in [0.15, 0.2) is 30.3 Å². The maximum atomic E-state index is 11.9. The summed E-state index contributed by atoms with van der Waals surface area (Å²) in [5, 5.41) is 5.13. The van der Waals surface area contributed by atoms with Crippen LogP contribution in [0.4, 0.5) is 0 Å². The lowest BCUT2D eigenvalue weighted by atomic mass is 10.0. The molecule has 19 heavy (non-hydrogen) atoms. The Bertz CT molecular complexity index is 501. The molecule has 0 radical (unpaired) electrons. The van der Waals surface area contributed by atoms with Crippen molar-refractivity contribution in [2.45, 2.75) is 24.9 Å². The molecule has 2 atom stereocenters. The van der Waals surface area contributed by atoms with E-state index in [1.54, 1.807) is 0 Å². The van der Waals surface area contributed by atoms with Gasteiger partial charge in [-0.3, -0.25) is 14.4 Å². The first kappa shape index (κ1) is 13.1. The van der Waals surface area contributed by atoms with Crippen molar-refractivity contribution in [3.8, 4) is 0 Å². The SMILES string of the molecule is NC(=O)C[C@@H]1NC(=O)[C@H](Cc2ccccc2)NC1=O. The average Bonchev–Trinajstić information content (AvgIpc) is 2.36. The lowest BCUT2D eigenvalue weighted by Crippen LogP contribution is -2.62. The molecule has 4 N–H and O–H groups in total. The van der Waals surface area contributed by atoms with Gasteiger partial charge in [0.05, 0.1) is 6.42 Å². The third kappa shape index (κ3) is 3.31. The number of benzene rings is 1. The van der Waals surface area contributed by atoms with Crippen molar-refractivity contribution in [2.24, 2.45) is 5.73 Å². The molecule has 1 fully saturated rings. The molecule has 100 valence electrons. The van der Waals surface area contributed by atoms with E-state index in [1.807, 2.05) is 30.3 Å². The minimum absolute atomic E-state index is 0.185. The third-order valence-corrected chi connectivity index (χ3v) is 2.95. The van der Waals surface area contributed by atoms with Gasteiger partial charge in [-0.05, 0) is 5.56 Å². The van der Waals surface area contributed by atoms with Gasteiger partial charge < -0.3 is 16.4 Å². The van der Waals surface area contributed by atoms with Crippen LogP contribution in [0.2, 0.25) is 0 Å². The van der Waals surface area contributed by atoms with Crippen molar-refractivity contribution >= 4 is 17.7 Å². The fourth-order valence-corrected chi connectivity index (χ4v) is 2.01. The zero-order valence-electron chi connectivity index (χ0n) is 10.3. The molecule has 0 unspecified atom stereocenters. The zero-order valence-corrected chi connectivity index (χ0v) is 10.3. The molecular formula is C13H15N3O3. The van der Waals surface area contributed by atoms with E-state index in [2.05, 4.69) is 10.6 Å². The average molecular weight is 261 g/mol. The molecule has 1 aliphatic rings. The summed E-state index contributed by atoms with van der Waals surface area (Å²) in [5.41, 5.74) is 5.97. The van der Waals surface area contributed by atoms with Gasteiger partial charge in [0, 0.05) is 6.42 Å². The van der Waals surface area contributed by atoms with Crippen LogP contribution in [0.25, 0.3) is 0 Å². The molecule has 0 spiro atoms. The van der Waals surface area contributed by atoms with Gasteiger partial charge in [0.2, 0.25) is 17.7 Å². The van der Waals surface area contributed by atoms with Gasteiger partial charge in [-0.15, -0.1) is 0 Å². The van der Waals surface area contributed by atoms with Crippen LogP contribution in [0, 0.1) is 0 Å². The summed E-state index contributed by atoms with van der Waals surface area (Å²) in [5.74, 6) is -1.30. The van der Waals surface area contributed by atoms with Crippen LogP contribution in [0.3, 0.4) is 0 Å². The number of nitrogens with one attached hydrogen (secondary N) is 2. The van der Waals surface area contributed by atoms with E-state index in [0.29, 0.717) is 6.42 Å². The van der Waals surface area contributed by atoms with Crippen molar-refractivity contribution in [3.63, 3.8) is 0 Å². The fraction of sp³-hybridized carbons (Fsp3) is 0.308. The minimum atomic E-state index is -0.864. The van der Waals surface area contributed by atoms with E-state index < -0.39 is 18.0 Å². The second-order valence-corrected chi connectivity index (χ2v) is 4.48. The van der Waals surface area contributed by atoms with Crippen LogP contribution in [0.1, 0.15) is 12.0 Å². The predicted octanol–water partition coefficient (Wildman–Crippen LogP) is -0.912. The number of carbonyl (C=O) groups is 3. The van der Waals surface area contributed by atoms with Gasteiger partial charge in [-0.25, -0.2) is 0 Å². The monoisotopic (exact) mass is 261 g/mol. The Balaban J connectivity index is 2.00. The molecule has 6 heteroatoms. The van der Waals surface area contributed by atoms with E-state index in [4.69, 9.17) is 5.73 Å². The second kappa shape index (κ2) is 5.51. The number of hydrogen-bond donors (Lipinski definition) is 3. The van der Waals surface area contributed by atoms with E-state index >= 15 is 0 Å². The highest BCUT2D eigenvalue weighted by atomic mass is 16.2. The highest BCUT2D eigenvalue weighted by Gasteiger charge is 2.34. The number of amides is 3. The molecule has 1 heterocycles. The van der Waals surface area contributed by atoms with Crippen molar-refractivity contribution in [1.82, 2.24) is 10.6 Å². The summed E-state index contributed by atoms with van der Waals surface area (Å²) >= 11 is 0. The van der Waals surface area contributed by atoms with Gasteiger partial charge in [0.1, 0.15) is 12.1 Å². The highest BCUT2D eigenvalue weighted by Crippen LogP contribution is 2.08. The maximum Gasteiger partial charge on any atom is 0.243 e. The van der Waals surface area contributed by atoms with Crippen LogP contribution < -0.4 is 16.4 Å². The largest absolute Gasteiger partial charge is 0.370 e. The topological polar surface area (TPSA) is 101 Å². The molecule has 1 aromatic carbocycles. The van der Waals surface area contributed by atoms with Crippen LogP contribution in [-0.2, 0) is 20.8 Å². The maximum absolute atomic E-state index is 11.9. The van der Waals surface area contributed by atoms with Gasteiger partial charge in [0.25, 0.3) is 0 Å². The Morgan fingerprint density at radius 1 is 1.05 bits per heavy atom. The van der Waals surface area contributed by atoms with E-state index in [0.717, 1.165) is 5.56 Å². The normalized spacial score (nSPS) is 22.5. The number of carbonyl (C=O) groups excluding carboxylic acids is 3. The van der Waals surface area contributed by atoms with Crippen molar-refractivity contribution < 1.29 is 14.4 Å². The summed E-state index contributed by atoms with van der Waals surface area (Å²) in [6, 6.07) is 7.91. The molecule has 1 aliphatic heterocycles. The fourth-order valence-electron chi connectivity index (χ4n) is 2.01. The minimum Gasteiger partial charge on any atom is -0.370 e. The first-order valence-electron chi connectivity index (χ1n) is 5.99. The van der Waals surface area contributed by atoms with Gasteiger partial charge in [-0.1, -0.05) is 30.3 Å². The van der Waals surface area contributed by atoms with Gasteiger partial charge in [-0.2, -0.15) is 0 Å². The first-order valence-corrected chi connectivity index (χ1v) is 5.99. The van der Waals surface area contributed by atoms with Gasteiger partial charge in [0.15, 0.2) is 0 Å². The van der Waals surface area contributed by atoms with E-state index in [9.17, 15) is 14.4 Å². The summed E-state index contributed by atoms with van der Waals surface area (Å²) in [7, 11) is 0. The summed E-state index contributed by atoms with van der Waals surface area (Å²) in [4.78, 5) is 34.4. The Kier molecular flexibility index (Phi) is 3.79. The predicted molar refractivity (Wildman–Crippen MR) is 67.8 cm³/mol. The third-order valence-electron chi connectivity index (χ3n) is 2.95. The molecule has 1 saturated heterocycles. The molecule has 0 aromatic heterocycles. The number of rotatable bonds is 4. The molecule has 1 aromatic rings. The number of piperazine rings is 1. The Morgan fingerprint density at radius 3 is 2.26 bits per heavy atom. The Labute approximate surface area is 110 Å². The molecule has 0 aliphatic carbocycles. The molecule has 2 rings (SSSR count). The molecular weight excluding hydrogens is 246 g/mol. The van der Waals surface area contributed by atoms with Crippen molar-refractivity contribution in [3.05, 3.63) is 35.9 Å². The van der Waals surface area contributed by atoms with E-state index in [-0.39, 0.29) is 18.2 Å². The van der Waals surface area contributed by atoms with Crippen LogP contribution in [-0.4, -0.2) is 29.8 Å². The molecule has 0 bridgehead atoms. The number of nitrogens with two attached hydrogens (primary N) is 1. The first-order chi connectivity index (χ1) is 9.06. The highest BCUT2D eigenvalue weighted by molar-refractivity contribution is 5.99. The lowest BCUT2D eigenvalue weighted by molar-refractivity contribution is -0.138. The zero-order chi connectivity index (χ0) is 13.8. The quantitative estimate of drug-likeness (QED) is 0.653. The summed E-state index contributed by atoms with van der Waals surface area (Å²) in [6.45, 7) is 0. The molecule has 3 amide bonds. The number of primary amides is 1. The van der Waals surface area contributed by atoms with Crippen molar-refractivity contribution in [2.75, 3.05) is 0 Å². The smallest absolute Gasteiger partial charge is 0.243 e. The molecule has 6 nitrogen and oxygen atoms in total. The van der Waals surface area contributed by atoms with Crippen LogP contribution >= 0.6 is 0 Å². The van der Waals surface area contributed by atoms with Crippen molar-refractivity contribution in [1.29, 1.82) is 0 Å². The number of hydrogen-bond acceptors (Lipinski definition) is 3. The van der Waals surface area contributed by atoms with E-state index in [1.165, 1.54) is 0 Å². The standard InChI is InChI=1S/C13H15N3O3/c14-11(17)7-10-13(19)15-9(12(18)16-10)6-8-4-2-1-3-5-8/h1-5,9-10H,6-7H2,(H2,14,17)(H,15,19)(H,16,18)/t9-,10-/m0/s1. The van der Waals surface area contributed by atoms with Crippen LogP contribution in [0.5, 0.6) is 0 Å². The Morgan fingerprint density at radius 2 is 1.63 bits per heavy atom. The summed E-state index contributed by atoms with van der Waals surface area (Å²) in [6.07, 6.45) is 0.233. The molecule has 0 saturated carbocycles. The second-order valence-electron chi connectivity index (χ2n) is 4.48. The van der Waals surface area contributed by atoms with Gasteiger partial charge >= 0.3 is 0 Å².